The molecule has 2 rings (SSSR count). The molecule has 10 heteroatoms. The van der Waals surface area contributed by atoms with Gasteiger partial charge in [0.25, 0.3) is 0 Å². The molecular weight excluding hydrogens is 477 g/mol. The molecular formula is C18H36IN5O4. The molecule has 0 saturated carbocycles. The summed E-state index contributed by atoms with van der Waals surface area (Å²) in [6.45, 7) is 8.29. The van der Waals surface area contributed by atoms with Gasteiger partial charge in [-0.2, -0.15) is 0 Å². The number of morpholine rings is 1. The Labute approximate surface area is 185 Å². The van der Waals surface area contributed by atoms with Gasteiger partial charge in [-0.1, -0.05) is 0 Å². The smallest absolute Gasteiger partial charge is 0.243 e. The number of carbonyl (C=O) groups is 1. The van der Waals surface area contributed by atoms with E-state index in [0.717, 1.165) is 65.4 Å². The lowest BCUT2D eigenvalue weighted by atomic mass is 10.3. The summed E-state index contributed by atoms with van der Waals surface area (Å²) in [6, 6.07) is 0. The predicted octanol–water partition coefficient (Wildman–Crippen LogP) is -0.244. The van der Waals surface area contributed by atoms with Crippen LogP contribution in [0.5, 0.6) is 0 Å². The fourth-order valence-corrected chi connectivity index (χ4v) is 2.79. The first kappa shape index (κ1) is 25.3. The number of ether oxygens (including phenoxy) is 3. The van der Waals surface area contributed by atoms with Crippen LogP contribution in [0.15, 0.2) is 4.99 Å². The summed E-state index contributed by atoms with van der Waals surface area (Å²) in [6.07, 6.45) is 2.10. The van der Waals surface area contributed by atoms with Crippen molar-refractivity contribution in [3.05, 3.63) is 0 Å². The first-order valence-corrected chi connectivity index (χ1v) is 9.87. The number of rotatable bonds is 10. The number of halogens is 1. The van der Waals surface area contributed by atoms with Gasteiger partial charge >= 0.3 is 0 Å². The third kappa shape index (κ3) is 10.7. The molecule has 0 radical (unpaired) electrons. The van der Waals surface area contributed by atoms with Crippen molar-refractivity contribution in [1.29, 1.82) is 0 Å². The number of nitrogens with zero attached hydrogens (tertiary/aromatic N) is 3. The van der Waals surface area contributed by atoms with Gasteiger partial charge in [0, 0.05) is 60.0 Å². The van der Waals surface area contributed by atoms with Crippen LogP contribution in [-0.4, -0.2) is 114 Å². The van der Waals surface area contributed by atoms with Crippen molar-refractivity contribution in [2.24, 2.45) is 4.99 Å². The summed E-state index contributed by atoms with van der Waals surface area (Å²) < 4.78 is 16.4. The third-order valence-corrected chi connectivity index (χ3v) is 4.55. The van der Waals surface area contributed by atoms with E-state index in [4.69, 9.17) is 14.2 Å². The van der Waals surface area contributed by atoms with Gasteiger partial charge in [0.2, 0.25) is 5.91 Å². The van der Waals surface area contributed by atoms with E-state index in [1.165, 1.54) is 0 Å². The molecule has 1 amide bonds. The maximum atomic E-state index is 11.8. The largest absolute Gasteiger partial charge is 0.379 e. The van der Waals surface area contributed by atoms with Crippen LogP contribution in [0.3, 0.4) is 0 Å². The van der Waals surface area contributed by atoms with E-state index in [0.29, 0.717) is 19.2 Å². The SMILES string of the molecule is CN(C)C(=O)CN=C(NCCCOC1CCOC1)NCCN1CCOCC1.I. The van der Waals surface area contributed by atoms with Gasteiger partial charge in [-0.25, -0.2) is 4.99 Å². The van der Waals surface area contributed by atoms with Crippen LogP contribution in [0, 0.1) is 0 Å². The maximum absolute atomic E-state index is 11.8. The van der Waals surface area contributed by atoms with Crippen molar-refractivity contribution in [3.8, 4) is 0 Å². The molecule has 1 unspecified atom stereocenters. The van der Waals surface area contributed by atoms with E-state index in [9.17, 15) is 4.79 Å². The molecule has 0 aliphatic carbocycles. The zero-order valence-corrected chi connectivity index (χ0v) is 19.5. The number of aliphatic imine (C=N–C) groups is 1. The van der Waals surface area contributed by atoms with E-state index in [1.807, 2.05) is 0 Å². The highest BCUT2D eigenvalue weighted by Crippen LogP contribution is 2.07. The standard InChI is InChI=1S/C18H35N5O4.HI/c1-22(2)17(24)14-21-18(20-6-7-23-8-12-25-13-9-23)19-5-3-10-27-16-4-11-26-15-16;/h16H,3-15H2,1-2H3,(H2,19,20,21);1H. The lowest BCUT2D eigenvalue weighted by molar-refractivity contribution is -0.127. The Hall–Kier alpha value is -0.690. The van der Waals surface area contributed by atoms with Gasteiger partial charge in [-0.3, -0.25) is 9.69 Å². The Morgan fingerprint density at radius 3 is 2.61 bits per heavy atom. The fourth-order valence-electron chi connectivity index (χ4n) is 2.79. The number of amides is 1. The van der Waals surface area contributed by atoms with Crippen LogP contribution in [0.1, 0.15) is 12.8 Å². The number of likely N-dealkylation sites (N-methyl/N-ethyl adjacent to an activating group) is 1. The average Bonchev–Trinajstić information content (AvgIpc) is 3.19. The van der Waals surface area contributed by atoms with Crippen molar-refractivity contribution < 1.29 is 19.0 Å². The van der Waals surface area contributed by atoms with Crippen molar-refractivity contribution in [2.75, 3.05) is 86.4 Å². The number of guanidine groups is 1. The molecule has 0 aromatic carbocycles. The van der Waals surface area contributed by atoms with Gasteiger partial charge < -0.3 is 29.7 Å². The molecule has 0 aromatic rings. The molecule has 0 spiro atoms. The van der Waals surface area contributed by atoms with Crippen LogP contribution in [0.2, 0.25) is 0 Å². The summed E-state index contributed by atoms with van der Waals surface area (Å²) in [5, 5.41) is 6.61. The predicted molar refractivity (Wildman–Crippen MR) is 119 cm³/mol. The topological polar surface area (TPSA) is 87.7 Å². The molecule has 164 valence electrons. The zero-order chi connectivity index (χ0) is 19.3. The Bertz CT molecular complexity index is 455. The van der Waals surface area contributed by atoms with Crippen molar-refractivity contribution in [3.63, 3.8) is 0 Å². The zero-order valence-electron chi connectivity index (χ0n) is 17.2. The highest BCUT2D eigenvalue weighted by Gasteiger charge is 2.15. The molecule has 0 bridgehead atoms. The molecule has 2 saturated heterocycles. The monoisotopic (exact) mass is 513 g/mol. The molecule has 2 heterocycles. The first-order chi connectivity index (χ1) is 13.1. The van der Waals surface area contributed by atoms with Crippen molar-refractivity contribution >= 4 is 35.8 Å². The number of nitrogens with one attached hydrogen (secondary N) is 2. The van der Waals surface area contributed by atoms with Crippen molar-refractivity contribution in [2.45, 2.75) is 18.9 Å². The summed E-state index contributed by atoms with van der Waals surface area (Å²) in [5.74, 6) is 0.650. The lowest BCUT2D eigenvalue weighted by Crippen LogP contribution is -2.45. The summed E-state index contributed by atoms with van der Waals surface area (Å²) in [4.78, 5) is 20.1. The molecule has 2 aliphatic heterocycles. The highest BCUT2D eigenvalue weighted by molar-refractivity contribution is 14.0. The molecule has 1 atom stereocenters. The third-order valence-electron chi connectivity index (χ3n) is 4.55. The number of carbonyl (C=O) groups excluding carboxylic acids is 1. The average molecular weight is 513 g/mol. The molecule has 0 aromatic heterocycles. The minimum absolute atomic E-state index is 0. The molecule has 9 nitrogen and oxygen atoms in total. The van der Waals surface area contributed by atoms with Crippen LogP contribution in [-0.2, 0) is 19.0 Å². The van der Waals surface area contributed by atoms with Gasteiger partial charge in [0.1, 0.15) is 6.54 Å². The normalized spacial score (nSPS) is 20.5. The first-order valence-electron chi connectivity index (χ1n) is 9.87. The second kappa shape index (κ2) is 15.2. The molecule has 28 heavy (non-hydrogen) atoms. The van der Waals surface area contributed by atoms with E-state index < -0.39 is 0 Å². The van der Waals surface area contributed by atoms with Crippen LogP contribution < -0.4 is 10.6 Å². The van der Waals surface area contributed by atoms with E-state index in [1.54, 1.807) is 19.0 Å². The van der Waals surface area contributed by atoms with Gasteiger partial charge in [-0.15, -0.1) is 24.0 Å². The van der Waals surface area contributed by atoms with Gasteiger partial charge in [0.05, 0.1) is 25.9 Å². The molecule has 2 N–H and O–H groups in total. The minimum Gasteiger partial charge on any atom is -0.379 e. The maximum Gasteiger partial charge on any atom is 0.243 e. The molecule has 2 fully saturated rings. The Balaban J connectivity index is 0.00000392. The Morgan fingerprint density at radius 2 is 1.93 bits per heavy atom. The number of hydrogen-bond acceptors (Lipinski definition) is 6. The Morgan fingerprint density at radius 1 is 1.18 bits per heavy atom. The second-order valence-electron chi connectivity index (χ2n) is 6.97. The summed E-state index contributed by atoms with van der Waals surface area (Å²) in [7, 11) is 3.47. The number of hydrogen-bond donors (Lipinski definition) is 2. The summed E-state index contributed by atoms with van der Waals surface area (Å²) in [5.41, 5.74) is 0. The van der Waals surface area contributed by atoms with Crippen LogP contribution >= 0.6 is 24.0 Å². The minimum atomic E-state index is -0.0196. The van der Waals surface area contributed by atoms with Gasteiger partial charge in [0.15, 0.2) is 5.96 Å². The van der Waals surface area contributed by atoms with Gasteiger partial charge in [-0.05, 0) is 12.8 Å². The fraction of sp³-hybridized carbons (Fsp3) is 0.889. The van der Waals surface area contributed by atoms with E-state index in [-0.39, 0.29) is 42.5 Å². The quantitative estimate of drug-likeness (QED) is 0.181. The van der Waals surface area contributed by atoms with Crippen molar-refractivity contribution in [1.82, 2.24) is 20.4 Å². The highest BCUT2D eigenvalue weighted by atomic mass is 127. The van der Waals surface area contributed by atoms with E-state index in [2.05, 4.69) is 20.5 Å². The van der Waals surface area contributed by atoms with Crippen LogP contribution in [0.25, 0.3) is 0 Å². The molecule has 2 aliphatic rings. The lowest BCUT2D eigenvalue weighted by Gasteiger charge is -2.26. The second-order valence-corrected chi connectivity index (χ2v) is 6.97. The summed E-state index contributed by atoms with van der Waals surface area (Å²) >= 11 is 0. The van der Waals surface area contributed by atoms with E-state index >= 15 is 0 Å². The van der Waals surface area contributed by atoms with Crippen LogP contribution in [0.4, 0.5) is 0 Å². The Kier molecular flexibility index (Phi) is 13.8.